The normalized spacial score (nSPS) is 35.3. The molecule has 106 valence electrons. The van der Waals surface area contributed by atoms with Gasteiger partial charge in [-0.05, 0) is 5.56 Å². The monoisotopic (exact) mass is 269 g/mol. The molecule has 0 bridgehead atoms. The maximum Gasteiger partial charge on any atom is 0.173 e. The van der Waals surface area contributed by atoms with Crippen molar-refractivity contribution in [3.8, 4) is 0 Å². The predicted octanol–water partition coefficient (Wildman–Crippen LogP) is -1.42. The molecule has 6 nitrogen and oxygen atoms in total. The molecule has 1 aromatic carbocycles. The third kappa shape index (κ3) is 3.30. The van der Waals surface area contributed by atoms with Crippen molar-refractivity contribution in [2.45, 2.75) is 37.2 Å². The Morgan fingerprint density at radius 2 is 1.74 bits per heavy atom. The molecular formula is C13H19NO5. The summed E-state index contributed by atoms with van der Waals surface area (Å²) in [4.78, 5) is 0. The van der Waals surface area contributed by atoms with E-state index in [0.29, 0.717) is 6.54 Å². The molecule has 1 heterocycles. The first-order valence-corrected chi connectivity index (χ1v) is 6.21. The van der Waals surface area contributed by atoms with Gasteiger partial charge in [0.25, 0.3) is 0 Å². The van der Waals surface area contributed by atoms with Crippen LogP contribution in [0.1, 0.15) is 5.56 Å². The number of nitrogens with one attached hydrogen (secondary N) is 1. The van der Waals surface area contributed by atoms with Crippen molar-refractivity contribution >= 4 is 0 Å². The van der Waals surface area contributed by atoms with Gasteiger partial charge in [-0.15, -0.1) is 0 Å². The second-order valence-corrected chi connectivity index (χ2v) is 4.62. The lowest BCUT2D eigenvalue weighted by atomic mass is 9.97. The topological polar surface area (TPSA) is 102 Å². The minimum absolute atomic E-state index is 0.430. The van der Waals surface area contributed by atoms with Gasteiger partial charge in [0.05, 0.1) is 12.6 Å². The lowest BCUT2D eigenvalue weighted by Crippen LogP contribution is -2.63. The number of ether oxygens (including phenoxy) is 1. The molecule has 0 amide bonds. The van der Waals surface area contributed by atoms with Crippen molar-refractivity contribution in [1.29, 1.82) is 0 Å². The summed E-state index contributed by atoms with van der Waals surface area (Å²) in [5.74, 6) is 0. The zero-order valence-corrected chi connectivity index (χ0v) is 10.4. The van der Waals surface area contributed by atoms with Crippen LogP contribution in [0.2, 0.25) is 0 Å². The van der Waals surface area contributed by atoms with E-state index >= 15 is 0 Å². The van der Waals surface area contributed by atoms with Crippen molar-refractivity contribution in [2.24, 2.45) is 0 Å². The van der Waals surface area contributed by atoms with Gasteiger partial charge in [-0.3, -0.25) is 0 Å². The van der Waals surface area contributed by atoms with Crippen LogP contribution in [0.5, 0.6) is 0 Å². The molecule has 1 fully saturated rings. The van der Waals surface area contributed by atoms with Gasteiger partial charge in [-0.1, -0.05) is 30.3 Å². The first kappa shape index (κ1) is 14.4. The summed E-state index contributed by atoms with van der Waals surface area (Å²) in [5, 5.41) is 41.3. The minimum atomic E-state index is -1.28. The molecule has 0 radical (unpaired) electrons. The smallest absolute Gasteiger partial charge is 0.173 e. The molecule has 0 spiro atoms. The Labute approximate surface area is 111 Å². The summed E-state index contributed by atoms with van der Waals surface area (Å²) in [6, 6.07) is 8.67. The summed E-state index contributed by atoms with van der Waals surface area (Å²) < 4.78 is 5.05. The summed E-state index contributed by atoms with van der Waals surface area (Å²) in [5.41, 5.74) is 0.987. The van der Waals surface area contributed by atoms with Crippen molar-refractivity contribution < 1.29 is 25.2 Å². The van der Waals surface area contributed by atoms with Crippen molar-refractivity contribution in [3.63, 3.8) is 0 Å². The van der Waals surface area contributed by atoms with E-state index in [2.05, 4.69) is 5.32 Å². The fraction of sp³-hybridized carbons (Fsp3) is 0.538. The van der Waals surface area contributed by atoms with E-state index in [1.807, 2.05) is 30.3 Å². The average molecular weight is 269 g/mol. The van der Waals surface area contributed by atoms with E-state index in [0.717, 1.165) is 5.56 Å². The molecule has 6 heteroatoms. The Kier molecular flexibility index (Phi) is 4.87. The molecule has 1 aromatic rings. The maximum atomic E-state index is 9.92. The third-order valence-electron chi connectivity index (χ3n) is 3.28. The van der Waals surface area contributed by atoms with E-state index in [4.69, 9.17) is 9.84 Å². The summed E-state index contributed by atoms with van der Waals surface area (Å²) >= 11 is 0. The van der Waals surface area contributed by atoms with Crippen LogP contribution >= 0.6 is 0 Å². The molecule has 1 saturated heterocycles. The van der Waals surface area contributed by atoms with Crippen molar-refractivity contribution in [3.05, 3.63) is 35.9 Å². The second-order valence-electron chi connectivity index (χ2n) is 4.62. The van der Waals surface area contributed by atoms with Gasteiger partial charge in [-0.25, -0.2) is 0 Å². The highest BCUT2D eigenvalue weighted by molar-refractivity contribution is 5.14. The fourth-order valence-electron chi connectivity index (χ4n) is 2.15. The largest absolute Gasteiger partial charge is 0.394 e. The molecular weight excluding hydrogens is 250 g/mol. The lowest BCUT2D eigenvalue weighted by Gasteiger charge is -2.40. The molecule has 5 N–H and O–H groups in total. The maximum absolute atomic E-state index is 9.92. The molecule has 19 heavy (non-hydrogen) atoms. The highest BCUT2D eigenvalue weighted by Crippen LogP contribution is 2.20. The summed E-state index contributed by atoms with van der Waals surface area (Å²) in [6.07, 6.45) is -4.69. The highest BCUT2D eigenvalue weighted by Gasteiger charge is 2.43. The predicted molar refractivity (Wildman–Crippen MR) is 67.0 cm³/mol. The van der Waals surface area contributed by atoms with E-state index < -0.39 is 37.3 Å². The number of benzene rings is 1. The Morgan fingerprint density at radius 1 is 1.05 bits per heavy atom. The zero-order chi connectivity index (χ0) is 13.8. The molecule has 1 unspecified atom stereocenters. The molecule has 2 rings (SSSR count). The van der Waals surface area contributed by atoms with Crippen LogP contribution < -0.4 is 5.32 Å². The molecule has 1 aliphatic heterocycles. The van der Waals surface area contributed by atoms with Gasteiger partial charge in [0.1, 0.15) is 18.3 Å². The number of aliphatic hydroxyl groups excluding tert-OH is 4. The van der Waals surface area contributed by atoms with E-state index in [-0.39, 0.29) is 0 Å². The Morgan fingerprint density at radius 3 is 2.37 bits per heavy atom. The first-order valence-electron chi connectivity index (χ1n) is 6.21. The molecule has 1 aliphatic rings. The fourth-order valence-corrected chi connectivity index (χ4v) is 2.15. The van der Waals surface area contributed by atoms with Gasteiger partial charge in [0.2, 0.25) is 0 Å². The molecule has 0 saturated carbocycles. The zero-order valence-electron chi connectivity index (χ0n) is 10.4. The van der Waals surface area contributed by atoms with Crippen LogP contribution in [-0.4, -0.2) is 57.7 Å². The Bertz CT molecular complexity index is 388. The highest BCUT2D eigenvalue weighted by atomic mass is 16.6. The minimum Gasteiger partial charge on any atom is -0.394 e. The van der Waals surface area contributed by atoms with Crippen LogP contribution in [-0.2, 0) is 11.3 Å². The van der Waals surface area contributed by atoms with Crippen molar-refractivity contribution in [2.75, 3.05) is 6.61 Å². The first-order chi connectivity index (χ1) is 9.13. The molecule has 5 atom stereocenters. The number of aliphatic hydroxyl groups is 4. The van der Waals surface area contributed by atoms with Gasteiger partial charge >= 0.3 is 0 Å². The van der Waals surface area contributed by atoms with E-state index in [1.165, 1.54) is 0 Å². The van der Waals surface area contributed by atoms with Crippen LogP contribution in [0.3, 0.4) is 0 Å². The summed E-state index contributed by atoms with van der Waals surface area (Å²) in [7, 11) is 0. The Balaban J connectivity index is 1.96. The van der Waals surface area contributed by atoms with E-state index in [1.54, 1.807) is 0 Å². The lowest BCUT2D eigenvalue weighted by molar-refractivity contribution is -0.254. The van der Waals surface area contributed by atoms with Crippen LogP contribution in [0.4, 0.5) is 0 Å². The number of hydrogen-bond acceptors (Lipinski definition) is 6. The van der Waals surface area contributed by atoms with E-state index in [9.17, 15) is 15.3 Å². The van der Waals surface area contributed by atoms with Gasteiger partial charge in [0, 0.05) is 6.54 Å². The van der Waals surface area contributed by atoms with Gasteiger partial charge in [-0.2, -0.15) is 0 Å². The van der Waals surface area contributed by atoms with Crippen LogP contribution in [0.15, 0.2) is 30.3 Å². The second kappa shape index (κ2) is 6.42. The standard InChI is InChI=1S/C13H19NO5/c15-7-9-11(16)12(17)10(13(18)19-9)14-6-8-4-2-1-3-5-8/h1-5,9-18H,6-7H2/t9-,10-,11+,12-,13?/m1/s1. The quantitative estimate of drug-likeness (QED) is 0.459. The number of rotatable bonds is 4. The third-order valence-corrected chi connectivity index (χ3v) is 3.28. The molecule has 0 aliphatic carbocycles. The summed E-state index contributed by atoms with van der Waals surface area (Å²) in [6.45, 7) is -0.0276. The van der Waals surface area contributed by atoms with Crippen molar-refractivity contribution in [1.82, 2.24) is 5.32 Å². The van der Waals surface area contributed by atoms with Crippen LogP contribution in [0.25, 0.3) is 0 Å². The van der Waals surface area contributed by atoms with Gasteiger partial charge < -0.3 is 30.5 Å². The number of hydrogen-bond donors (Lipinski definition) is 5. The molecule has 0 aromatic heterocycles. The van der Waals surface area contributed by atoms with Crippen LogP contribution in [0, 0.1) is 0 Å². The Hall–Kier alpha value is -1.02. The average Bonchev–Trinajstić information content (AvgIpc) is 2.44. The van der Waals surface area contributed by atoms with Gasteiger partial charge in [0.15, 0.2) is 6.29 Å². The SMILES string of the molecule is OC[C@H]1OC(O)[C@H](NCc2ccccc2)[C@@H](O)[C@H]1O.